The van der Waals surface area contributed by atoms with Crippen LogP contribution in [0.15, 0.2) is 48.5 Å². The van der Waals surface area contributed by atoms with Gasteiger partial charge in [0.15, 0.2) is 0 Å². The molecule has 0 N–H and O–H groups in total. The van der Waals surface area contributed by atoms with Gasteiger partial charge in [0.2, 0.25) is 0 Å². The first-order chi connectivity index (χ1) is 16.5. The number of rotatable bonds is 7. The Morgan fingerprint density at radius 3 is 2.50 bits per heavy atom. The van der Waals surface area contributed by atoms with E-state index in [0.29, 0.717) is 48.9 Å². The minimum Gasteiger partial charge on any atom is -0.379 e. The van der Waals surface area contributed by atoms with E-state index in [0.717, 1.165) is 38.4 Å². The molecule has 1 atom stereocenters. The molecule has 0 aromatic heterocycles. The first kappa shape index (κ1) is 24.7. The van der Waals surface area contributed by atoms with Gasteiger partial charge in [0, 0.05) is 51.4 Å². The van der Waals surface area contributed by atoms with Gasteiger partial charge in [-0.25, -0.2) is 0 Å². The molecule has 182 valence electrons. The van der Waals surface area contributed by atoms with Crippen LogP contribution in [0.1, 0.15) is 26.3 Å². The van der Waals surface area contributed by atoms with Crippen molar-refractivity contribution >= 4 is 23.4 Å². The molecular weight excluding hydrogens is 454 g/mol. The zero-order chi connectivity index (χ0) is 23.9. The van der Waals surface area contributed by atoms with Crippen molar-refractivity contribution in [1.82, 2.24) is 14.7 Å². The maximum atomic E-state index is 13.4. The van der Waals surface area contributed by atoms with Gasteiger partial charge in [-0.2, -0.15) is 0 Å². The molecule has 7 nitrogen and oxygen atoms in total. The first-order valence-corrected chi connectivity index (χ1v) is 12.2. The normalized spacial score (nSPS) is 19.1. The van der Waals surface area contributed by atoms with E-state index in [4.69, 9.17) is 21.1 Å². The van der Waals surface area contributed by atoms with E-state index < -0.39 is 0 Å². The molecule has 2 fully saturated rings. The molecule has 0 spiro atoms. The van der Waals surface area contributed by atoms with Crippen molar-refractivity contribution in [3.63, 3.8) is 0 Å². The molecule has 2 aromatic carbocycles. The van der Waals surface area contributed by atoms with Crippen LogP contribution in [0.3, 0.4) is 0 Å². The number of hydrogen-bond donors (Lipinski definition) is 0. The molecule has 2 heterocycles. The number of nitrogens with zero attached hydrogens (tertiary/aromatic N) is 3. The fourth-order valence-corrected chi connectivity index (χ4v) is 4.52. The third kappa shape index (κ3) is 6.36. The molecule has 2 aliphatic heterocycles. The van der Waals surface area contributed by atoms with Gasteiger partial charge in [-0.3, -0.25) is 14.5 Å². The molecule has 2 aromatic rings. The molecule has 1 unspecified atom stereocenters. The third-order valence-corrected chi connectivity index (χ3v) is 6.66. The summed E-state index contributed by atoms with van der Waals surface area (Å²) in [6.45, 7) is 8.30. The zero-order valence-corrected chi connectivity index (χ0v) is 20.4. The van der Waals surface area contributed by atoms with E-state index >= 15 is 0 Å². The quantitative estimate of drug-likeness (QED) is 0.603. The molecule has 0 saturated carbocycles. The monoisotopic (exact) mass is 485 g/mol. The fourth-order valence-electron chi connectivity index (χ4n) is 4.31. The summed E-state index contributed by atoms with van der Waals surface area (Å²) >= 11 is 6.25. The zero-order valence-electron chi connectivity index (χ0n) is 19.6. The summed E-state index contributed by atoms with van der Waals surface area (Å²) in [6.07, 6.45) is -0.265. The van der Waals surface area contributed by atoms with Crippen molar-refractivity contribution in [3.05, 3.63) is 70.2 Å². The number of benzene rings is 2. The largest absolute Gasteiger partial charge is 0.379 e. The van der Waals surface area contributed by atoms with E-state index in [2.05, 4.69) is 4.90 Å². The van der Waals surface area contributed by atoms with E-state index in [1.807, 2.05) is 48.2 Å². The van der Waals surface area contributed by atoms with Gasteiger partial charge in [0.1, 0.15) is 0 Å². The van der Waals surface area contributed by atoms with Gasteiger partial charge >= 0.3 is 0 Å². The molecule has 2 aliphatic rings. The van der Waals surface area contributed by atoms with Crippen LogP contribution in [0, 0.1) is 6.92 Å². The summed E-state index contributed by atoms with van der Waals surface area (Å²) in [6, 6.07) is 14.7. The Labute approximate surface area is 206 Å². The van der Waals surface area contributed by atoms with E-state index in [1.54, 1.807) is 17.0 Å². The van der Waals surface area contributed by atoms with Crippen LogP contribution >= 0.6 is 11.6 Å². The Hall–Kier alpha value is -2.45. The lowest BCUT2D eigenvalue weighted by molar-refractivity contribution is -0.0346. The maximum absolute atomic E-state index is 13.4. The highest BCUT2D eigenvalue weighted by molar-refractivity contribution is 6.33. The number of amides is 2. The Bertz CT molecular complexity index is 978. The highest BCUT2D eigenvalue weighted by atomic mass is 35.5. The summed E-state index contributed by atoms with van der Waals surface area (Å²) in [5.41, 5.74) is 2.26. The third-order valence-electron chi connectivity index (χ3n) is 6.33. The SMILES string of the molecule is Cc1ccc(C(=O)N(CCN2CCOCC2)CC2CN(C(=O)c3ccccc3Cl)CCO2)cc1. The van der Waals surface area contributed by atoms with Gasteiger partial charge in [0.05, 0.1) is 36.5 Å². The molecule has 34 heavy (non-hydrogen) atoms. The van der Waals surface area contributed by atoms with Crippen LogP contribution in [-0.4, -0.2) is 98.3 Å². The Kier molecular flexibility index (Phi) is 8.56. The summed E-state index contributed by atoms with van der Waals surface area (Å²) in [4.78, 5) is 32.4. The van der Waals surface area contributed by atoms with Gasteiger partial charge in [0.25, 0.3) is 11.8 Å². The minimum atomic E-state index is -0.265. The van der Waals surface area contributed by atoms with E-state index in [-0.39, 0.29) is 17.9 Å². The second-order valence-corrected chi connectivity index (χ2v) is 9.20. The molecule has 0 bridgehead atoms. The molecule has 4 rings (SSSR count). The van der Waals surface area contributed by atoms with Crippen LogP contribution in [0.2, 0.25) is 5.02 Å². The summed E-state index contributed by atoms with van der Waals surface area (Å²) in [5.74, 6) is -0.130. The number of halogens is 1. The van der Waals surface area contributed by atoms with Crippen LogP contribution < -0.4 is 0 Å². The number of aryl methyl sites for hydroxylation is 1. The van der Waals surface area contributed by atoms with Gasteiger partial charge in [-0.05, 0) is 31.2 Å². The topological polar surface area (TPSA) is 62.3 Å². The summed E-state index contributed by atoms with van der Waals surface area (Å²) < 4.78 is 11.4. The van der Waals surface area contributed by atoms with E-state index in [1.165, 1.54) is 0 Å². The standard InChI is InChI=1S/C26H32ClN3O4/c1-20-6-8-21(9-7-20)25(31)29(11-10-28-12-15-33-16-13-28)18-22-19-30(14-17-34-22)26(32)23-4-2-3-5-24(23)27/h2-9,22H,10-19H2,1H3. The predicted molar refractivity (Wildman–Crippen MR) is 131 cm³/mol. The Morgan fingerprint density at radius 1 is 1.03 bits per heavy atom. The van der Waals surface area contributed by atoms with Gasteiger partial charge < -0.3 is 19.3 Å². The van der Waals surface area contributed by atoms with Crippen molar-refractivity contribution < 1.29 is 19.1 Å². The van der Waals surface area contributed by atoms with Crippen molar-refractivity contribution in [3.8, 4) is 0 Å². The van der Waals surface area contributed by atoms with Crippen LogP contribution in [0.5, 0.6) is 0 Å². The molecule has 2 amide bonds. The average molecular weight is 486 g/mol. The highest BCUT2D eigenvalue weighted by Gasteiger charge is 2.29. The number of morpholine rings is 2. The van der Waals surface area contributed by atoms with Gasteiger partial charge in [-0.15, -0.1) is 0 Å². The lowest BCUT2D eigenvalue weighted by atomic mass is 10.1. The molecule has 2 saturated heterocycles. The summed E-state index contributed by atoms with van der Waals surface area (Å²) in [5, 5.41) is 0.442. The molecule has 8 heteroatoms. The predicted octanol–water partition coefficient (Wildman–Crippen LogP) is 2.96. The first-order valence-electron chi connectivity index (χ1n) is 11.8. The van der Waals surface area contributed by atoms with Crippen molar-refractivity contribution in [1.29, 1.82) is 0 Å². The molecule has 0 radical (unpaired) electrons. The second kappa shape index (κ2) is 11.8. The van der Waals surface area contributed by atoms with Crippen molar-refractivity contribution in [2.24, 2.45) is 0 Å². The number of hydrogen-bond acceptors (Lipinski definition) is 5. The lowest BCUT2D eigenvalue weighted by Gasteiger charge is -2.37. The Morgan fingerprint density at radius 2 is 1.76 bits per heavy atom. The van der Waals surface area contributed by atoms with Crippen molar-refractivity contribution in [2.75, 3.05) is 65.6 Å². The van der Waals surface area contributed by atoms with Crippen LogP contribution in [0.4, 0.5) is 0 Å². The van der Waals surface area contributed by atoms with Gasteiger partial charge in [-0.1, -0.05) is 41.4 Å². The van der Waals surface area contributed by atoms with Crippen LogP contribution in [-0.2, 0) is 9.47 Å². The number of carbonyl (C=O) groups excluding carboxylic acids is 2. The fraction of sp³-hybridized carbons (Fsp3) is 0.462. The Balaban J connectivity index is 1.44. The molecular formula is C26H32ClN3O4. The number of carbonyl (C=O) groups is 2. The van der Waals surface area contributed by atoms with Crippen LogP contribution in [0.25, 0.3) is 0 Å². The highest BCUT2D eigenvalue weighted by Crippen LogP contribution is 2.19. The van der Waals surface area contributed by atoms with Crippen molar-refractivity contribution in [2.45, 2.75) is 13.0 Å². The molecule has 0 aliphatic carbocycles. The smallest absolute Gasteiger partial charge is 0.255 e. The number of ether oxygens (including phenoxy) is 2. The second-order valence-electron chi connectivity index (χ2n) is 8.80. The van der Waals surface area contributed by atoms with E-state index in [9.17, 15) is 9.59 Å². The average Bonchev–Trinajstić information content (AvgIpc) is 2.87. The minimum absolute atomic E-state index is 0.0218. The summed E-state index contributed by atoms with van der Waals surface area (Å²) in [7, 11) is 0. The lowest BCUT2D eigenvalue weighted by Crippen LogP contribution is -2.52. The maximum Gasteiger partial charge on any atom is 0.255 e.